The van der Waals surface area contributed by atoms with Crippen LogP contribution in [0.2, 0.25) is 0 Å². The molecule has 0 aliphatic carbocycles. The van der Waals surface area contributed by atoms with Crippen LogP contribution in [0.25, 0.3) is 10.8 Å². The molecule has 0 atom stereocenters. The number of hydrogen-bond donors (Lipinski definition) is 0. The Morgan fingerprint density at radius 3 is 2.39 bits per heavy atom. The van der Waals surface area contributed by atoms with Gasteiger partial charge in [0.05, 0.1) is 13.2 Å². The SMILES string of the molecule is COCCCC1COC(CCc2ccc(C#Cc3ccc4c(F)c(F)ccc4c3)cc2)OC1. The molecule has 0 N–H and O–H groups in total. The third-order valence-electron chi connectivity index (χ3n) is 5.88. The van der Waals surface area contributed by atoms with Gasteiger partial charge in [0, 0.05) is 42.6 Å². The average Bonchev–Trinajstić information content (AvgIpc) is 2.85. The van der Waals surface area contributed by atoms with Crippen molar-refractivity contribution in [2.24, 2.45) is 5.92 Å². The summed E-state index contributed by atoms with van der Waals surface area (Å²) in [5.41, 5.74) is 2.86. The maximum absolute atomic E-state index is 13.8. The highest BCUT2D eigenvalue weighted by Gasteiger charge is 2.21. The molecule has 1 aliphatic heterocycles. The fourth-order valence-corrected chi connectivity index (χ4v) is 3.96. The van der Waals surface area contributed by atoms with Crippen LogP contribution in [0.15, 0.2) is 54.6 Å². The summed E-state index contributed by atoms with van der Waals surface area (Å²) in [5, 5.41) is 0.891. The Bertz CT molecular complexity index is 1120. The van der Waals surface area contributed by atoms with Crippen LogP contribution < -0.4 is 0 Å². The van der Waals surface area contributed by atoms with Crippen LogP contribution >= 0.6 is 0 Å². The molecule has 0 saturated carbocycles. The van der Waals surface area contributed by atoms with E-state index in [-0.39, 0.29) is 11.7 Å². The number of rotatable bonds is 7. The Labute approximate surface area is 193 Å². The lowest BCUT2D eigenvalue weighted by Gasteiger charge is -2.29. The molecule has 0 bridgehead atoms. The van der Waals surface area contributed by atoms with Crippen molar-refractivity contribution in [2.45, 2.75) is 32.0 Å². The number of ether oxygens (including phenoxy) is 3. The van der Waals surface area contributed by atoms with Crippen molar-refractivity contribution in [3.8, 4) is 11.8 Å². The van der Waals surface area contributed by atoms with Crippen molar-refractivity contribution in [1.29, 1.82) is 0 Å². The van der Waals surface area contributed by atoms with Crippen LogP contribution in [0, 0.1) is 29.4 Å². The molecule has 4 rings (SSSR count). The summed E-state index contributed by atoms with van der Waals surface area (Å²) in [7, 11) is 1.72. The first kappa shape index (κ1) is 23.4. The molecule has 172 valence electrons. The van der Waals surface area contributed by atoms with Gasteiger partial charge in [-0.05, 0) is 60.5 Å². The predicted molar refractivity (Wildman–Crippen MR) is 125 cm³/mol. The van der Waals surface area contributed by atoms with E-state index in [1.54, 1.807) is 31.4 Å². The fourth-order valence-electron chi connectivity index (χ4n) is 3.96. The molecular weight excluding hydrogens is 422 g/mol. The van der Waals surface area contributed by atoms with Crippen molar-refractivity contribution in [3.05, 3.63) is 82.9 Å². The summed E-state index contributed by atoms with van der Waals surface area (Å²) in [6.45, 7) is 2.28. The van der Waals surface area contributed by atoms with E-state index in [2.05, 4.69) is 24.0 Å². The maximum Gasteiger partial charge on any atom is 0.166 e. The molecule has 3 aromatic rings. The lowest BCUT2D eigenvalue weighted by Crippen LogP contribution is -2.32. The van der Waals surface area contributed by atoms with E-state index in [1.165, 1.54) is 5.56 Å². The molecule has 1 heterocycles. The number of aryl methyl sites for hydroxylation is 1. The molecule has 1 fully saturated rings. The van der Waals surface area contributed by atoms with E-state index < -0.39 is 11.6 Å². The fraction of sp³-hybridized carbons (Fsp3) is 0.357. The molecule has 0 unspecified atom stereocenters. The Hall–Kier alpha value is -2.78. The molecule has 1 saturated heterocycles. The van der Waals surface area contributed by atoms with Gasteiger partial charge in [-0.3, -0.25) is 0 Å². The van der Waals surface area contributed by atoms with E-state index in [4.69, 9.17) is 14.2 Å². The van der Waals surface area contributed by atoms with Crippen LogP contribution in [-0.4, -0.2) is 33.2 Å². The van der Waals surface area contributed by atoms with Gasteiger partial charge in [-0.15, -0.1) is 0 Å². The van der Waals surface area contributed by atoms with Crippen LogP contribution in [0.4, 0.5) is 8.78 Å². The van der Waals surface area contributed by atoms with Crippen molar-refractivity contribution in [1.82, 2.24) is 0 Å². The van der Waals surface area contributed by atoms with E-state index in [9.17, 15) is 8.78 Å². The molecule has 0 amide bonds. The summed E-state index contributed by atoms with van der Waals surface area (Å²) in [6.07, 6.45) is 3.66. The lowest BCUT2D eigenvalue weighted by atomic mass is 10.0. The molecule has 3 nitrogen and oxygen atoms in total. The molecular formula is C28H28F2O3. The van der Waals surface area contributed by atoms with Crippen LogP contribution in [0.5, 0.6) is 0 Å². The van der Waals surface area contributed by atoms with Gasteiger partial charge in [-0.2, -0.15) is 0 Å². The largest absolute Gasteiger partial charge is 0.385 e. The highest BCUT2D eigenvalue weighted by Crippen LogP contribution is 2.22. The third-order valence-corrected chi connectivity index (χ3v) is 5.88. The topological polar surface area (TPSA) is 27.7 Å². The minimum Gasteiger partial charge on any atom is -0.385 e. The van der Waals surface area contributed by atoms with E-state index in [0.717, 1.165) is 62.7 Å². The van der Waals surface area contributed by atoms with Gasteiger partial charge >= 0.3 is 0 Å². The summed E-state index contributed by atoms with van der Waals surface area (Å²) in [6, 6.07) is 15.9. The first-order chi connectivity index (χ1) is 16.1. The van der Waals surface area contributed by atoms with Gasteiger partial charge in [0.15, 0.2) is 17.9 Å². The standard InChI is InChI=1S/C28H28F2O3/c1-31-16-2-3-23-18-32-27(33-19-23)15-11-21-6-4-20(5-7-21)8-9-22-10-13-25-24(17-22)12-14-26(29)28(25)30/h4-7,10,12-14,17,23,27H,2-3,11,15-16,18-19H2,1H3. The van der Waals surface area contributed by atoms with E-state index >= 15 is 0 Å². The van der Waals surface area contributed by atoms with E-state index in [0.29, 0.717) is 11.3 Å². The second kappa shape index (κ2) is 11.4. The Morgan fingerprint density at radius 2 is 1.64 bits per heavy atom. The van der Waals surface area contributed by atoms with Crippen molar-refractivity contribution in [3.63, 3.8) is 0 Å². The quantitative estimate of drug-likeness (QED) is 0.333. The summed E-state index contributed by atoms with van der Waals surface area (Å²) >= 11 is 0. The van der Waals surface area contributed by atoms with E-state index in [1.807, 2.05) is 12.1 Å². The van der Waals surface area contributed by atoms with Gasteiger partial charge in [0.1, 0.15) is 0 Å². The first-order valence-electron chi connectivity index (χ1n) is 11.3. The normalized spacial score (nSPS) is 18.2. The number of hydrogen-bond acceptors (Lipinski definition) is 3. The smallest absolute Gasteiger partial charge is 0.166 e. The molecule has 5 heteroatoms. The second-order valence-corrected chi connectivity index (χ2v) is 8.38. The summed E-state index contributed by atoms with van der Waals surface area (Å²) < 4.78 is 44.0. The van der Waals surface area contributed by atoms with Crippen LogP contribution in [0.1, 0.15) is 36.0 Å². The molecule has 1 aliphatic rings. The monoisotopic (exact) mass is 450 g/mol. The van der Waals surface area contributed by atoms with Crippen molar-refractivity contribution >= 4 is 10.8 Å². The molecule has 33 heavy (non-hydrogen) atoms. The zero-order chi connectivity index (χ0) is 23.0. The van der Waals surface area contributed by atoms with Gasteiger partial charge in [0.25, 0.3) is 0 Å². The summed E-state index contributed by atoms with van der Waals surface area (Å²) in [4.78, 5) is 0. The molecule has 3 aromatic carbocycles. The van der Waals surface area contributed by atoms with Crippen molar-refractivity contribution in [2.75, 3.05) is 26.9 Å². The zero-order valence-corrected chi connectivity index (χ0v) is 18.8. The maximum atomic E-state index is 13.8. The number of methoxy groups -OCH3 is 1. The van der Waals surface area contributed by atoms with Gasteiger partial charge in [-0.25, -0.2) is 8.78 Å². The Balaban J connectivity index is 1.28. The highest BCUT2D eigenvalue weighted by atomic mass is 19.2. The number of halogens is 2. The van der Waals surface area contributed by atoms with Crippen LogP contribution in [0.3, 0.4) is 0 Å². The minimum atomic E-state index is -0.842. The van der Waals surface area contributed by atoms with Gasteiger partial charge in [0.2, 0.25) is 0 Å². The van der Waals surface area contributed by atoms with Gasteiger partial charge in [-0.1, -0.05) is 36.1 Å². The molecule has 0 radical (unpaired) electrons. The summed E-state index contributed by atoms with van der Waals surface area (Å²) in [5.74, 6) is 5.02. The van der Waals surface area contributed by atoms with Gasteiger partial charge < -0.3 is 14.2 Å². The first-order valence-corrected chi connectivity index (χ1v) is 11.3. The number of fused-ring (bicyclic) bond motifs is 1. The Morgan fingerprint density at radius 1 is 0.909 bits per heavy atom. The Kier molecular flexibility index (Phi) is 8.06. The average molecular weight is 451 g/mol. The number of benzene rings is 3. The van der Waals surface area contributed by atoms with Crippen LogP contribution in [-0.2, 0) is 20.6 Å². The molecule has 0 spiro atoms. The highest BCUT2D eigenvalue weighted by molar-refractivity contribution is 5.84. The third kappa shape index (κ3) is 6.39. The minimum absolute atomic E-state index is 0.144. The predicted octanol–water partition coefficient (Wildman–Crippen LogP) is 5.87. The zero-order valence-electron chi connectivity index (χ0n) is 18.8. The lowest BCUT2D eigenvalue weighted by molar-refractivity contribution is -0.203. The molecule has 0 aromatic heterocycles. The van der Waals surface area contributed by atoms with Crippen molar-refractivity contribution < 1.29 is 23.0 Å². The second-order valence-electron chi connectivity index (χ2n) is 8.38.